The van der Waals surface area contributed by atoms with E-state index in [2.05, 4.69) is 26.7 Å². The van der Waals surface area contributed by atoms with E-state index in [1.807, 2.05) is 0 Å². The van der Waals surface area contributed by atoms with Crippen molar-refractivity contribution in [3.05, 3.63) is 24.6 Å². The largest absolute Gasteiger partial charge is 0.466 e. The molecule has 1 unspecified atom stereocenters. The first-order valence-electron chi connectivity index (χ1n) is 4.26. The van der Waals surface area contributed by atoms with Gasteiger partial charge >= 0.3 is 11.9 Å². The highest BCUT2D eigenvalue weighted by Gasteiger charge is 2.28. The molecule has 0 aliphatic carbocycles. The van der Waals surface area contributed by atoms with Crippen LogP contribution in [0.3, 0.4) is 0 Å². The van der Waals surface area contributed by atoms with Crippen LogP contribution in [0.4, 0.5) is 0 Å². The predicted octanol–water partition coefficient (Wildman–Crippen LogP) is -1.22. The maximum Gasteiger partial charge on any atom is 0.333 e. The van der Waals surface area contributed by atoms with Crippen LogP contribution in [0.15, 0.2) is 24.6 Å². The van der Waals surface area contributed by atoms with Crippen molar-refractivity contribution in [2.24, 2.45) is 0 Å². The van der Waals surface area contributed by atoms with Crippen LogP contribution in [0, 0.1) is 0 Å². The molecule has 7 heteroatoms. The average Bonchev–Trinajstić information content (AvgIpc) is 2.54. The highest BCUT2D eigenvalue weighted by Crippen LogP contribution is 2.00. The summed E-state index contributed by atoms with van der Waals surface area (Å²) in [6.07, 6.45) is 0.633. The smallest absolute Gasteiger partial charge is 0.333 e. The SMILES string of the molecule is C=C1NC(=O)C(OC(=O)/C=C/C(=O)OC)N1. The van der Waals surface area contributed by atoms with Crippen molar-refractivity contribution < 1.29 is 23.9 Å². The first-order valence-corrected chi connectivity index (χ1v) is 4.26. The Bertz CT molecular complexity index is 374. The molecule has 2 N–H and O–H groups in total. The molecular formula is C9H10N2O5. The highest BCUT2D eigenvalue weighted by atomic mass is 16.6. The molecule has 1 atom stereocenters. The van der Waals surface area contributed by atoms with Gasteiger partial charge in [0.1, 0.15) is 5.82 Å². The molecule has 0 saturated carbocycles. The number of carbonyl (C=O) groups excluding carboxylic acids is 3. The number of hydrogen-bond donors (Lipinski definition) is 2. The van der Waals surface area contributed by atoms with E-state index in [4.69, 9.17) is 0 Å². The van der Waals surface area contributed by atoms with Gasteiger partial charge in [0, 0.05) is 12.2 Å². The zero-order valence-corrected chi connectivity index (χ0v) is 8.48. The lowest BCUT2D eigenvalue weighted by Gasteiger charge is -2.07. The van der Waals surface area contributed by atoms with Gasteiger partial charge in [-0.05, 0) is 0 Å². The van der Waals surface area contributed by atoms with Gasteiger partial charge < -0.3 is 20.1 Å². The molecule has 1 aliphatic heterocycles. The zero-order valence-electron chi connectivity index (χ0n) is 8.48. The number of ether oxygens (including phenoxy) is 2. The van der Waals surface area contributed by atoms with Crippen LogP contribution in [0.5, 0.6) is 0 Å². The van der Waals surface area contributed by atoms with Gasteiger partial charge in [0.25, 0.3) is 12.1 Å². The third kappa shape index (κ3) is 3.12. The van der Waals surface area contributed by atoms with Crippen LogP contribution in [-0.4, -0.2) is 31.2 Å². The molecule has 0 radical (unpaired) electrons. The minimum absolute atomic E-state index is 0.250. The van der Waals surface area contributed by atoms with E-state index in [-0.39, 0.29) is 5.82 Å². The van der Waals surface area contributed by atoms with E-state index in [9.17, 15) is 14.4 Å². The lowest BCUT2D eigenvalue weighted by Crippen LogP contribution is -2.33. The summed E-state index contributed by atoms with van der Waals surface area (Å²) in [6.45, 7) is 3.42. The Hall–Kier alpha value is -2.31. The fourth-order valence-electron chi connectivity index (χ4n) is 0.917. The van der Waals surface area contributed by atoms with E-state index in [1.54, 1.807) is 0 Å². The molecule has 0 bridgehead atoms. The minimum atomic E-state index is -1.12. The van der Waals surface area contributed by atoms with Crippen molar-refractivity contribution in [3.8, 4) is 0 Å². The van der Waals surface area contributed by atoms with Crippen molar-refractivity contribution in [2.45, 2.75) is 6.23 Å². The number of hydrogen-bond acceptors (Lipinski definition) is 6. The highest BCUT2D eigenvalue weighted by molar-refractivity contribution is 5.93. The van der Waals surface area contributed by atoms with Crippen molar-refractivity contribution in [1.29, 1.82) is 0 Å². The van der Waals surface area contributed by atoms with Crippen molar-refractivity contribution in [2.75, 3.05) is 7.11 Å². The quantitative estimate of drug-likeness (QED) is 0.462. The van der Waals surface area contributed by atoms with Crippen molar-refractivity contribution >= 4 is 17.8 Å². The normalized spacial score (nSPS) is 19.2. The Morgan fingerprint density at radius 2 is 2.00 bits per heavy atom. The Labute approximate surface area is 91.1 Å². The second-order valence-corrected chi connectivity index (χ2v) is 2.79. The molecule has 1 aliphatic rings. The number of esters is 2. The molecule has 0 aromatic heterocycles. The number of methoxy groups -OCH3 is 1. The van der Waals surface area contributed by atoms with Crippen LogP contribution in [0.25, 0.3) is 0 Å². The van der Waals surface area contributed by atoms with E-state index in [0.717, 1.165) is 12.2 Å². The fourth-order valence-corrected chi connectivity index (χ4v) is 0.917. The molecule has 1 heterocycles. The van der Waals surface area contributed by atoms with Crippen molar-refractivity contribution in [1.82, 2.24) is 10.6 Å². The van der Waals surface area contributed by atoms with Crippen LogP contribution in [-0.2, 0) is 23.9 Å². The van der Waals surface area contributed by atoms with E-state index in [0.29, 0.717) is 0 Å². The van der Waals surface area contributed by atoms with Gasteiger partial charge in [-0.15, -0.1) is 0 Å². The number of amides is 1. The maximum atomic E-state index is 11.1. The minimum Gasteiger partial charge on any atom is -0.466 e. The molecule has 1 amide bonds. The Balaban J connectivity index is 2.46. The Morgan fingerprint density at radius 3 is 2.50 bits per heavy atom. The summed E-state index contributed by atoms with van der Waals surface area (Å²) in [7, 11) is 1.17. The van der Waals surface area contributed by atoms with Crippen LogP contribution in [0.2, 0.25) is 0 Å². The monoisotopic (exact) mass is 226 g/mol. The third-order valence-electron chi connectivity index (χ3n) is 1.61. The summed E-state index contributed by atoms with van der Waals surface area (Å²) in [4.78, 5) is 32.8. The molecule has 1 rings (SSSR count). The van der Waals surface area contributed by atoms with Gasteiger partial charge in [-0.1, -0.05) is 6.58 Å². The molecule has 1 fully saturated rings. The molecule has 7 nitrogen and oxygen atoms in total. The van der Waals surface area contributed by atoms with Crippen LogP contribution >= 0.6 is 0 Å². The molecule has 0 spiro atoms. The number of rotatable bonds is 3. The third-order valence-corrected chi connectivity index (χ3v) is 1.61. The topological polar surface area (TPSA) is 93.7 Å². The van der Waals surface area contributed by atoms with E-state index in [1.165, 1.54) is 7.11 Å². The predicted molar refractivity (Wildman–Crippen MR) is 51.5 cm³/mol. The Morgan fingerprint density at radius 1 is 1.38 bits per heavy atom. The molecule has 86 valence electrons. The summed E-state index contributed by atoms with van der Waals surface area (Å²) in [5.41, 5.74) is 0. The second kappa shape index (κ2) is 4.96. The first-order chi connectivity index (χ1) is 7.52. The zero-order chi connectivity index (χ0) is 12.1. The molecule has 16 heavy (non-hydrogen) atoms. The standard InChI is InChI=1S/C9H10N2O5/c1-5-10-8(14)9(11-5)16-7(13)4-3-6(12)15-2/h3-4,9,11H,1H2,2H3,(H,10,14)/b4-3+. The maximum absolute atomic E-state index is 11.1. The first kappa shape index (κ1) is 11.8. The lowest BCUT2D eigenvalue weighted by molar-refractivity contribution is -0.150. The molecule has 0 aromatic carbocycles. The van der Waals surface area contributed by atoms with E-state index >= 15 is 0 Å². The lowest BCUT2D eigenvalue weighted by atomic mass is 10.5. The fraction of sp³-hybridized carbons (Fsp3) is 0.222. The van der Waals surface area contributed by atoms with Crippen molar-refractivity contribution in [3.63, 3.8) is 0 Å². The van der Waals surface area contributed by atoms with Gasteiger partial charge in [0.05, 0.1) is 7.11 Å². The molecule has 1 saturated heterocycles. The van der Waals surface area contributed by atoms with Gasteiger partial charge in [0.2, 0.25) is 0 Å². The van der Waals surface area contributed by atoms with Crippen LogP contribution < -0.4 is 10.6 Å². The number of nitrogens with one attached hydrogen (secondary N) is 2. The summed E-state index contributed by atoms with van der Waals surface area (Å²) in [5, 5.41) is 4.80. The van der Waals surface area contributed by atoms with Gasteiger partial charge in [0.15, 0.2) is 0 Å². The summed E-state index contributed by atoms with van der Waals surface area (Å²) in [6, 6.07) is 0. The summed E-state index contributed by atoms with van der Waals surface area (Å²) < 4.78 is 8.94. The molecule has 0 aromatic rings. The average molecular weight is 226 g/mol. The van der Waals surface area contributed by atoms with Gasteiger partial charge in [-0.25, -0.2) is 9.59 Å². The molecular weight excluding hydrogens is 216 g/mol. The Kier molecular flexibility index (Phi) is 3.65. The summed E-state index contributed by atoms with van der Waals surface area (Å²) >= 11 is 0. The van der Waals surface area contributed by atoms with Gasteiger partial charge in [-0.2, -0.15) is 0 Å². The van der Waals surface area contributed by atoms with E-state index < -0.39 is 24.1 Å². The number of carbonyl (C=O) groups is 3. The van der Waals surface area contributed by atoms with Gasteiger partial charge in [-0.3, -0.25) is 4.79 Å². The van der Waals surface area contributed by atoms with Crippen LogP contribution in [0.1, 0.15) is 0 Å². The second-order valence-electron chi connectivity index (χ2n) is 2.79. The summed E-state index contributed by atoms with van der Waals surface area (Å²) in [5.74, 6) is -1.80.